The molecule has 0 aliphatic carbocycles. The Morgan fingerprint density at radius 2 is 0.797 bits per heavy atom. The molecule has 1 aromatic heterocycles. The van der Waals surface area contributed by atoms with Gasteiger partial charge in [0.1, 0.15) is 0 Å². The Labute approximate surface area is 349 Å². The van der Waals surface area contributed by atoms with Crippen molar-refractivity contribution in [2.45, 2.75) is 0 Å². The highest BCUT2D eigenvalue weighted by Crippen LogP contribution is 2.43. The van der Waals surface area contributed by atoms with Gasteiger partial charge in [-0.05, 0) is 124 Å². The van der Waals surface area contributed by atoms with Crippen LogP contribution >= 0.6 is 11.3 Å². The van der Waals surface area contributed by atoms with Gasteiger partial charge in [-0.1, -0.05) is 152 Å². The largest absolute Gasteiger partial charge is 0.310 e. The highest BCUT2D eigenvalue weighted by atomic mass is 32.1. The molecule has 280 valence electrons. The van der Waals surface area contributed by atoms with Crippen LogP contribution < -0.4 is 9.80 Å². The van der Waals surface area contributed by atoms with Gasteiger partial charge in [-0.15, -0.1) is 11.3 Å². The minimum absolute atomic E-state index is 1.11. The van der Waals surface area contributed by atoms with Gasteiger partial charge in [0.2, 0.25) is 0 Å². The van der Waals surface area contributed by atoms with Crippen molar-refractivity contribution >= 4 is 77.3 Å². The van der Waals surface area contributed by atoms with Crippen LogP contribution in [0.2, 0.25) is 0 Å². The Morgan fingerprint density at radius 1 is 0.339 bits per heavy atom. The summed E-state index contributed by atoms with van der Waals surface area (Å²) in [7, 11) is 0. The number of hydrogen-bond donors (Lipinski definition) is 0. The summed E-state index contributed by atoms with van der Waals surface area (Å²) in [6.45, 7) is 0. The second-order valence-corrected chi connectivity index (χ2v) is 15.6. The number of hydrogen-bond acceptors (Lipinski definition) is 3. The van der Waals surface area contributed by atoms with Crippen LogP contribution in [-0.4, -0.2) is 0 Å². The maximum absolute atomic E-state index is 2.39. The lowest BCUT2D eigenvalue weighted by Gasteiger charge is -2.26. The van der Waals surface area contributed by atoms with E-state index in [1.807, 2.05) is 11.3 Å². The first-order valence-electron chi connectivity index (χ1n) is 20.0. The molecule has 0 fully saturated rings. The topological polar surface area (TPSA) is 6.48 Å². The van der Waals surface area contributed by atoms with E-state index in [1.165, 1.54) is 48.0 Å². The van der Waals surface area contributed by atoms with Gasteiger partial charge in [0.25, 0.3) is 0 Å². The Bertz CT molecular complexity index is 2950. The van der Waals surface area contributed by atoms with E-state index in [0.717, 1.165) is 39.7 Å². The van der Waals surface area contributed by atoms with Gasteiger partial charge in [0.15, 0.2) is 0 Å². The van der Waals surface area contributed by atoms with Crippen LogP contribution in [0.4, 0.5) is 34.1 Å². The van der Waals surface area contributed by atoms with Crippen LogP contribution in [0.15, 0.2) is 237 Å². The van der Waals surface area contributed by atoms with Crippen molar-refractivity contribution < 1.29 is 0 Å². The first-order valence-corrected chi connectivity index (χ1v) is 20.8. The lowest BCUT2D eigenvalue weighted by Crippen LogP contribution is -2.09. The lowest BCUT2D eigenvalue weighted by atomic mass is 9.92. The molecule has 10 aromatic rings. The minimum Gasteiger partial charge on any atom is -0.310 e. The number of anilines is 6. The molecule has 9 aromatic carbocycles. The molecule has 2 nitrogen and oxygen atoms in total. The van der Waals surface area contributed by atoms with Gasteiger partial charge >= 0.3 is 0 Å². The summed E-state index contributed by atoms with van der Waals surface area (Å²) >= 11 is 1.87. The second-order valence-electron chi connectivity index (χ2n) is 14.6. The zero-order chi connectivity index (χ0) is 39.4. The van der Waals surface area contributed by atoms with E-state index in [0.29, 0.717) is 0 Å². The van der Waals surface area contributed by atoms with Crippen LogP contribution in [-0.2, 0) is 0 Å². The molecule has 0 atom stereocenters. The third kappa shape index (κ3) is 7.32. The van der Waals surface area contributed by atoms with Crippen LogP contribution in [0.25, 0.3) is 42.9 Å². The second kappa shape index (κ2) is 16.2. The molecule has 0 aliphatic heterocycles. The molecule has 0 radical (unpaired) electrons. The Kier molecular flexibility index (Phi) is 9.85. The summed E-state index contributed by atoms with van der Waals surface area (Å²) in [5.74, 6) is 0. The normalized spacial score (nSPS) is 11.5. The van der Waals surface area contributed by atoms with Crippen LogP contribution in [0, 0.1) is 0 Å². The van der Waals surface area contributed by atoms with Crippen molar-refractivity contribution in [3.05, 3.63) is 253 Å². The molecular weight excluding hydrogens is 733 g/mol. The molecule has 10 rings (SSSR count). The third-order valence-corrected chi connectivity index (χ3v) is 12.1. The molecule has 0 unspecified atom stereocenters. The Morgan fingerprint density at radius 3 is 1.37 bits per heavy atom. The lowest BCUT2D eigenvalue weighted by molar-refractivity contribution is 1.28. The zero-order valence-corrected chi connectivity index (χ0v) is 33.2. The van der Waals surface area contributed by atoms with Crippen LogP contribution in [0.1, 0.15) is 16.7 Å². The summed E-state index contributed by atoms with van der Waals surface area (Å²) in [6.07, 6.45) is 2.39. The summed E-state index contributed by atoms with van der Waals surface area (Å²) in [6, 6.07) is 84.7. The molecule has 1 heterocycles. The van der Waals surface area contributed by atoms with Crippen LogP contribution in [0.3, 0.4) is 0 Å². The van der Waals surface area contributed by atoms with Crippen molar-refractivity contribution in [2.75, 3.05) is 9.80 Å². The first-order chi connectivity index (χ1) is 29.3. The number of para-hydroxylation sites is 4. The predicted octanol–water partition coefficient (Wildman–Crippen LogP) is 16.2. The van der Waals surface area contributed by atoms with Gasteiger partial charge in [-0.25, -0.2) is 0 Å². The highest BCUT2D eigenvalue weighted by Gasteiger charge is 2.17. The third-order valence-electron chi connectivity index (χ3n) is 10.8. The highest BCUT2D eigenvalue weighted by molar-refractivity contribution is 7.26. The molecule has 59 heavy (non-hydrogen) atoms. The maximum atomic E-state index is 2.39. The molecular formula is C56H40N2S. The standard InChI is InChI=1S/C56H40N2S/c1-6-19-41(20-7-1)53(44-23-16-21-42(37-44)43-22-17-33-50(38-43)57(46-25-8-2-9-26-46)47-27-10-3-11-28-47)39-45-24-18-34-52-54-40-51(35-36-55(54)59-56(45)52)58(48-29-12-4-13-30-48)49-31-14-5-15-32-49/h1-40H/b53-39-. The van der Waals surface area contributed by atoms with Gasteiger partial charge in [0.05, 0.1) is 0 Å². The predicted molar refractivity (Wildman–Crippen MR) is 254 cm³/mol. The quantitative estimate of drug-likeness (QED) is 0.128. The maximum Gasteiger partial charge on any atom is 0.0468 e. The van der Waals surface area contributed by atoms with Crippen molar-refractivity contribution in [2.24, 2.45) is 0 Å². The van der Waals surface area contributed by atoms with Gasteiger partial charge in [0, 0.05) is 54.3 Å². The molecule has 0 N–H and O–H groups in total. The van der Waals surface area contributed by atoms with Crippen molar-refractivity contribution in [1.29, 1.82) is 0 Å². The monoisotopic (exact) mass is 772 g/mol. The summed E-state index contributed by atoms with van der Waals surface area (Å²) in [4.78, 5) is 4.65. The summed E-state index contributed by atoms with van der Waals surface area (Å²) < 4.78 is 2.55. The first kappa shape index (κ1) is 35.9. The van der Waals surface area contributed by atoms with E-state index in [-0.39, 0.29) is 0 Å². The molecule has 0 amide bonds. The van der Waals surface area contributed by atoms with Crippen molar-refractivity contribution in [1.82, 2.24) is 0 Å². The molecule has 0 saturated heterocycles. The Hall–Kier alpha value is -7.46. The summed E-state index contributed by atoms with van der Waals surface area (Å²) in [5, 5.41) is 2.53. The van der Waals surface area contributed by atoms with E-state index in [4.69, 9.17) is 0 Å². The van der Waals surface area contributed by atoms with Crippen LogP contribution in [0.5, 0.6) is 0 Å². The fraction of sp³-hybridized carbons (Fsp3) is 0. The van der Waals surface area contributed by atoms with E-state index < -0.39 is 0 Å². The number of fused-ring (bicyclic) bond motifs is 3. The van der Waals surface area contributed by atoms with Gasteiger partial charge in [-0.2, -0.15) is 0 Å². The van der Waals surface area contributed by atoms with Crippen molar-refractivity contribution in [3.63, 3.8) is 0 Å². The average molecular weight is 773 g/mol. The van der Waals surface area contributed by atoms with E-state index in [1.54, 1.807) is 0 Å². The molecule has 0 saturated carbocycles. The number of nitrogens with zero attached hydrogens (tertiary/aromatic N) is 2. The minimum atomic E-state index is 1.11. The molecule has 3 heteroatoms. The molecule has 0 spiro atoms. The fourth-order valence-electron chi connectivity index (χ4n) is 8.06. The fourth-order valence-corrected chi connectivity index (χ4v) is 9.23. The number of rotatable bonds is 10. The average Bonchev–Trinajstić information content (AvgIpc) is 3.69. The Balaban J connectivity index is 1.07. The number of benzene rings is 9. The molecule has 0 aliphatic rings. The SMILES string of the molecule is C(=C(\c1ccccc1)c1cccc(-c2cccc(N(c3ccccc3)c3ccccc3)c2)c1)/c1cccc2c1sc1ccc(N(c3ccccc3)c3ccccc3)cc12. The smallest absolute Gasteiger partial charge is 0.0468 e. The van der Waals surface area contributed by atoms with E-state index in [2.05, 4.69) is 252 Å². The van der Waals surface area contributed by atoms with E-state index >= 15 is 0 Å². The van der Waals surface area contributed by atoms with Gasteiger partial charge in [-0.3, -0.25) is 0 Å². The number of thiophene rings is 1. The zero-order valence-electron chi connectivity index (χ0n) is 32.4. The summed E-state index contributed by atoms with van der Waals surface area (Å²) in [5.41, 5.74) is 13.8. The van der Waals surface area contributed by atoms with Gasteiger partial charge < -0.3 is 9.80 Å². The molecule has 0 bridgehead atoms. The van der Waals surface area contributed by atoms with E-state index in [9.17, 15) is 0 Å². The van der Waals surface area contributed by atoms with Crippen molar-refractivity contribution in [3.8, 4) is 11.1 Å².